The number of hydrogen-bond donors (Lipinski definition) is 0. The smallest absolute Gasteiger partial charge is 0.166 e. The van der Waals surface area contributed by atoms with E-state index < -0.39 is 11.7 Å². The van der Waals surface area contributed by atoms with Crippen molar-refractivity contribution in [3.8, 4) is 0 Å². The Labute approximate surface area is 94.9 Å². The van der Waals surface area contributed by atoms with Gasteiger partial charge in [-0.2, -0.15) is 13.2 Å². The van der Waals surface area contributed by atoms with E-state index in [-0.39, 0.29) is 6.42 Å². The monoisotopic (exact) mass is 290 g/mol. The Morgan fingerprint density at radius 1 is 1.43 bits per heavy atom. The summed E-state index contributed by atoms with van der Waals surface area (Å²) in [4.78, 5) is 0. The lowest BCUT2D eigenvalue weighted by Gasteiger charge is -2.10. The first-order valence-electron chi connectivity index (χ1n) is 4.01. The summed E-state index contributed by atoms with van der Waals surface area (Å²) in [6.07, 6.45) is -3.23. The molecule has 0 aromatic rings. The maximum atomic E-state index is 12.3. The molecule has 0 rings (SSSR count). The Morgan fingerprint density at radius 2 is 1.93 bits per heavy atom. The van der Waals surface area contributed by atoms with Gasteiger partial charge in [-0.1, -0.05) is 34.5 Å². The molecule has 0 heterocycles. The Kier molecular flexibility index (Phi) is 5.83. The summed E-state index contributed by atoms with van der Waals surface area (Å²) in [5.74, 6) is 0. The summed E-state index contributed by atoms with van der Waals surface area (Å²) in [6, 6.07) is 0. The minimum atomic E-state index is -4.27. The van der Waals surface area contributed by atoms with Crippen molar-refractivity contribution in [1.82, 2.24) is 0 Å². The van der Waals surface area contributed by atoms with E-state index in [1.54, 1.807) is 6.92 Å². The van der Waals surface area contributed by atoms with Crippen molar-refractivity contribution in [3.63, 3.8) is 0 Å². The summed E-state index contributed by atoms with van der Waals surface area (Å²) in [7, 11) is 0. The van der Waals surface area contributed by atoms with E-state index in [0.717, 1.165) is 6.08 Å². The molecule has 0 radical (unpaired) electrons. The van der Waals surface area contributed by atoms with Crippen molar-refractivity contribution in [1.29, 1.82) is 0 Å². The molecule has 0 nitrogen and oxygen atoms in total. The molecule has 0 spiro atoms. The molecule has 0 aromatic carbocycles. The van der Waals surface area contributed by atoms with Crippen LogP contribution in [0.15, 0.2) is 22.3 Å². The zero-order valence-corrected chi connectivity index (χ0v) is 10.2. The molecule has 0 unspecified atom stereocenters. The van der Waals surface area contributed by atoms with Crippen LogP contribution in [0.2, 0.25) is 0 Å². The molecule has 0 N–H and O–H groups in total. The molecule has 0 fully saturated rings. The van der Waals surface area contributed by atoms with E-state index in [2.05, 4.69) is 15.9 Å². The number of allylic oxidation sites excluding steroid dienone is 4. The van der Waals surface area contributed by atoms with Gasteiger partial charge in [-0.15, -0.1) is 0 Å². The number of alkyl halides is 4. The third-order valence-corrected chi connectivity index (χ3v) is 2.53. The average molecular weight is 292 g/mol. The maximum absolute atomic E-state index is 12.3. The molecule has 0 atom stereocenters. The molecule has 0 amide bonds. The maximum Gasteiger partial charge on any atom is 0.412 e. The number of hydrogen-bond acceptors (Lipinski definition) is 0. The predicted molar refractivity (Wildman–Crippen MR) is 56.8 cm³/mol. The van der Waals surface area contributed by atoms with Gasteiger partial charge < -0.3 is 0 Å². The summed E-state index contributed by atoms with van der Waals surface area (Å²) < 4.78 is 37.0. The Hall–Kier alpha value is 0.0400. The molecule has 0 saturated heterocycles. The van der Waals surface area contributed by atoms with Crippen LogP contribution in [-0.2, 0) is 0 Å². The lowest BCUT2D eigenvalue weighted by molar-refractivity contribution is -0.0935. The molecular weight excluding hydrogens is 280 g/mol. The standard InChI is InChI=1S/C9H11BrClF3/c1-3-8(9(12,13)14)4-7(5-10)6(2)11/h4H,3,5H2,1-2H3/b7-6-,8-4+. The Bertz CT molecular complexity index is 249. The fourth-order valence-corrected chi connectivity index (χ4v) is 1.69. The second-order valence-corrected chi connectivity index (χ2v) is 3.84. The molecular formula is C9H11BrClF3. The second kappa shape index (κ2) is 5.81. The van der Waals surface area contributed by atoms with Crippen molar-refractivity contribution in [2.75, 3.05) is 5.33 Å². The topological polar surface area (TPSA) is 0 Å². The zero-order chi connectivity index (χ0) is 11.4. The van der Waals surface area contributed by atoms with Crippen LogP contribution in [0.25, 0.3) is 0 Å². The molecule has 0 aliphatic carbocycles. The highest BCUT2D eigenvalue weighted by molar-refractivity contribution is 9.09. The highest BCUT2D eigenvalue weighted by Crippen LogP contribution is 2.30. The van der Waals surface area contributed by atoms with Gasteiger partial charge in [-0.3, -0.25) is 0 Å². The fraction of sp³-hybridized carbons (Fsp3) is 0.556. The Morgan fingerprint density at radius 3 is 2.14 bits per heavy atom. The van der Waals surface area contributed by atoms with E-state index in [9.17, 15) is 13.2 Å². The van der Waals surface area contributed by atoms with Crippen molar-refractivity contribution in [3.05, 3.63) is 22.3 Å². The minimum Gasteiger partial charge on any atom is -0.166 e. The van der Waals surface area contributed by atoms with Gasteiger partial charge in [0.2, 0.25) is 0 Å². The molecule has 82 valence electrons. The van der Waals surface area contributed by atoms with Gasteiger partial charge in [-0.05, 0) is 25.0 Å². The predicted octanol–water partition coefficient (Wildman–Crippen LogP) is 4.79. The van der Waals surface area contributed by atoms with E-state index in [0.29, 0.717) is 15.9 Å². The first-order valence-corrected chi connectivity index (χ1v) is 5.51. The van der Waals surface area contributed by atoms with Crippen LogP contribution < -0.4 is 0 Å². The van der Waals surface area contributed by atoms with Gasteiger partial charge in [0.1, 0.15) is 0 Å². The minimum absolute atomic E-state index is 0.0514. The van der Waals surface area contributed by atoms with Crippen LogP contribution in [0.1, 0.15) is 20.3 Å². The quantitative estimate of drug-likeness (QED) is 0.518. The average Bonchev–Trinajstić information content (AvgIpc) is 2.03. The van der Waals surface area contributed by atoms with Crippen LogP contribution in [0, 0.1) is 0 Å². The van der Waals surface area contributed by atoms with Crippen molar-refractivity contribution < 1.29 is 13.2 Å². The summed E-state index contributed by atoms with van der Waals surface area (Å²) in [5.41, 5.74) is -0.104. The van der Waals surface area contributed by atoms with Gasteiger partial charge in [0, 0.05) is 15.9 Å². The molecule has 14 heavy (non-hydrogen) atoms. The SMILES string of the molecule is CC/C(=C\C(CBr)=C(/C)Cl)C(F)(F)F. The third kappa shape index (κ3) is 4.51. The first-order chi connectivity index (χ1) is 6.32. The summed E-state index contributed by atoms with van der Waals surface area (Å²) in [6.45, 7) is 3.03. The molecule has 0 saturated carbocycles. The van der Waals surface area contributed by atoms with Crippen LogP contribution in [0.5, 0.6) is 0 Å². The largest absolute Gasteiger partial charge is 0.412 e. The van der Waals surface area contributed by atoms with Crippen LogP contribution in [-0.4, -0.2) is 11.5 Å². The lowest BCUT2D eigenvalue weighted by Crippen LogP contribution is -2.11. The van der Waals surface area contributed by atoms with Crippen LogP contribution in [0.3, 0.4) is 0 Å². The molecule has 0 aliphatic heterocycles. The van der Waals surface area contributed by atoms with Gasteiger partial charge in [0.25, 0.3) is 0 Å². The van der Waals surface area contributed by atoms with Crippen molar-refractivity contribution in [2.24, 2.45) is 0 Å². The molecule has 0 aliphatic rings. The van der Waals surface area contributed by atoms with E-state index in [4.69, 9.17) is 11.6 Å². The normalized spacial score (nSPS) is 15.5. The highest BCUT2D eigenvalue weighted by atomic mass is 79.9. The Balaban J connectivity index is 5.03. The highest BCUT2D eigenvalue weighted by Gasteiger charge is 2.32. The van der Waals surface area contributed by atoms with E-state index in [1.807, 2.05) is 0 Å². The van der Waals surface area contributed by atoms with E-state index in [1.165, 1.54) is 6.92 Å². The summed E-state index contributed by atoms with van der Waals surface area (Å²) in [5, 5.41) is 0.694. The second-order valence-electron chi connectivity index (χ2n) is 2.71. The first kappa shape index (κ1) is 14.0. The van der Waals surface area contributed by atoms with Crippen molar-refractivity contribution in [2.45, 2.75) is 26.4 Å². The van der Waals surface area contributed by atoms with Gasteiger partial charge in [0.15, 0.2) is 0 Å². The van der Waals surface area contributed by atoms with Gasteiger partial charge >= 0.3 is 6.18 Å². The number of rotatable bonds is 3. The fourth-order valence-electron chi connectivity index (χ4n) is 0.825. The van der Waals surface area contributed by atoms with Gasteiger partial charge in [0.05, 0.1) is 0 Å². The van der Waals surface area contributed by atoms with Crippen LogP contribution in [0.4, 0.5) is 13.2 Å². The molecule has 5 heteroatoms. The zero-order valence-electron chi connectivity index (χ0n) is 7.88. The van der Waals surface area contributed by atoms with E-state index >= 15 is 0 Å². The number of halogens is 5. The van der Waals surface area contributed by atoms with Gasteiger partial charge in [-0.25, -0.2) is 0 Å². The summed E-state index contributed by atoms with van der Waals surface area (Å²) >= 11 is 8.72. The molecule has 0 aromatic heterocycles. The third-order valence-electron chi connectivity index (χ3n) is 1.68. The lowest BCUT2D eigenvalue weighted by atomic mass is 10.1. The molecule has 0 bridgehead atoms. The van der Waals surface area contributed by atoms with Crippen LogP contribution >= 0.6 is 27.5 Å². The van der Waals surface area contributed by atoms with Crippen molar-refractivity contribution >= 4 is 27.5 Å².